The molecule has 0 fully saturated rings. The number of nitrogens with one attached hydrogen (secondary N) is 2. The third-order valence-corrected chi connectivity index (χ3v) is 3.81. The van der Waals surface area contributed by atoms with E-state index in [0.717, 1.165) is 55.5 Å². The third kappa shape index (κ3) is 7.11. The Labute approximate surface area is 173 Å². The molecule has 26 heavy (non-hydrogen) atoms. The number of para-hydroxylation sites is 2. The quantitative estimate of drug-likeness (QED) is 0.254. The largest absolute Gasteiger partial charge is 0.381 e. The summed E-state index contributed by atoms with van der Waals surface area (Å²) in [7, 11) is 2.03. The highest BCUT2D eigenvalue weighted by atomic mass is 127. The van der Waals surface area contributed by atoms with E-state index >= 15 is 0 Å². The number of guanidine groups is 1. The van der Waals surface area contributed by atoms with Crippen molar-refractivity contribution in [2.24, 2.45) is 18.0 Å². The van der Waals surface area contributed by atoms with Crippen LogP contribution in [0.1, 0.15) is 33.0 Å². The molecule has 0 spiro atoms. The first kappa shape index (κ1) is 22.7. The van der Waals surface area contributed by atoms with Gasteiger partial charge in [0.05, 0.1) is 11.0 Å². The maximum atomic E-state index is 5.60. The first-order valence-corrected chi connectivity index (χ1v) is 9.12. The molecule has 1 aromatic carbocycles. The Bertz CT molecular complexity index is 684. The topological polar surface area (TPSA) is 63.5 Å². The van der Waals surface area contributed by atoms with Crippen molar-refractivity contribution < 1.29 is 4.74 Å². The van der Waals surface area contributed by atoms with E-state index in [2.05, 4.69) is 52.0 Å². The minimum absolute atomic E-state index is 0. The number of hydrogen-bond donors (Lipinski definition) is 2. The molecule has 0 unspecified atom stereocenters. The van der Waals surface area contributed by atoms with Gasteiger partial charge in [-0.15, -0.1) is 24.0 Å². The summed E-state index contributed by atoms with van der Waals surface area (Å²) in [5.41, 5.74) is 2.14. The van der Waals surface area contributed by atoms with Crippen LogP contribution in [0.5, 0.6) is 0 Å². The summed E-state index contributed by atoms with van der Waals surface area (Å²) in [4.78, 5) is 9.32. The molecule has 0 bridgehead atoms. The predicted octanol–water partition coefficient (Wildman–Crippen LogP) is 3.31. The van der Waals surface area contributed by atoms with Gasteiger partial charge in [-0.1, -0.05) is 26.0 Å². The van der Waals surface area contributed by atoms with E-state index < -0.39 is 0 Å². The SMILES string of the molecule is CCNC(=NCc1nc2ccccc2n1C)NCCCOCC(C)C.I. The van der Waals surface area contributed by atoms with Gasteiger partial charge >= 0.3 is 0 Å². The molecule has 2 aromatic rings. The lowest BCUT2D eigenvalue weighted by molar-refractivity contribution is 0.108. The van der Waals surface area contributed by atoms with Crippen molar-refractivity contribution in [3.63, 3.8) is 0 Å². The molecule has 146 valence electrons. The maximum Gasteiger partial charge on any atom is 0.191 e. The zero-order chi connectivity index (χ0) is 18.1. The number of hydrogen-bond acceptors (Lipinski definition) is 3. The monoisotopic (exact) mass is 473 g/mol. The number of nitrogens with zero attached hydrogens (tertiary/aromatic N) is 3. The molecule has 0 aliphatic carbocycles. The van der Waals surface area contributed by atoms with Gasteiger partial charge in [0, 0.05) is 33.4 Å². The summed E-state index contributed by atoms with van der Waals surface area (Å²) in [6, 6.07) is 8.15. The average molecular weight is 473 g/mol. The van der Waals surface area contributed by atoms with E-state index in [-0.39, 0.29) is 24.0 Å². The molecule has 0 amide bonds. The summed E-state index contributed by atoms with van der Waals surface area (Å²) in [6.45, 7) is 10.2. The zero-order valence-corrected chi connectivity index (χ0v) is 18.6. The Morgan fingerprint density at radius 3 is 2.73 bits per heavy atom. The lowest BCUT2D eigenvalue weighted by Gasteiger charge is -2.12. The van der Waals surface area contributed by atoms with E-state index in [1.165, 1.54) is 0 Å². The van der Waals surface area contributed by atoms with Gasteiger partial charge in [0.1, 0.15) is 12.4 Å². The number of aromatic nitrogens is 2. The highest BCUT2D eigenvalue weighted by Crippen LogP contribution is 2.14. The number of ether oxygens (including phenoxy) is 1. The maximum absolute atomic E-state index is 5.60. The zero-order valence-electron chi connectivity index (χ0n) is 16.3. The van der Waals surface area contributed by atoms with Crippen LogP contribution in [0.2, 0.25) is 0 Å². The van der Waals surface area contributed by atoms with Crippen LogP contribution in [-0.2, 0) is 18.3 Å². The Kier molecular flexibility index (Phi) is 10.6. The summed E-state index contributed by atoms with van der Waals surface area (Å²) < 4.78 is 7.70. The minimum Gasteiger partial charge on any atom is -0.381 e. The summed E-state index contributed by atoms with van der Waals surface area (Å²) in [5.74, 6) is 2.36. The van der Waals surface area contributed by atoms with Gasteiger partial charge < -0.3 is 19.9 Å². The van der Waals surface area contributed by atoms with Crippen LogP contribution >= 0.6 is 24.0 Å². The molecule has 2 N–H and O–H groups in total. The predicted molar refractivity (Wildman–Crippen MR) is 119 cm³/mol. The van der Waals surface area contributed by atoms with Crippen molar-refractivity contribution in [2.75, 3.05) is 26.3 Å². The van der Waals surface area contributed by atoms with Crippen LogP contribution in [-0.4, -0.2) is 41.8 Å². The Morgan fingerprint density at radius 1 is 1.27 bits per heavy atom. The highest BCUT2D eigenvalue weighted by molar-refractivity contribution is 14.0. The van der Waals surface area contributed by atoms with Crippen molar-refractivity contribution in [1.82, 2.24) is 20.2 Å². The highest BCUT2D eigenvalue weighted by Gasteiger charge is 2.06. The van der Waals surface area contributed by atoms with Gasteiger partial charge in [-0.2, -0.15) is 0 Å². The second-order valence-electron chi connectivity index (χ2n) is 6.52. The van der Waals surface area contributed by atoms with Crippen molar-refractivity contribution in [3.05, 3.63) is 30.1 Å². The van der Waals surface area contributed by atoms with Gasteiger partial charge in [0.2, 0.25) is 0 Å². The smallest absolute Gasteiger partial charge is 0.191 e. The minimum atomic E-state index is 0. The molecule has 1 heterocycles. The third-order valence-electron chi connectivity index (χ3n) is 3.81. The molecular weight excluding hydrogens is 441 g/mol. The number of benzene rings is 1. The molecule has 0 saturated heterocycles. The van der Waals surface area contributed by atoms with E-state index in [4.69, 9.17) is 4.74 Å². The number of halogens is 1. The van der Waals surface area contributed by atoms with Gasteiger partial charge in [0.15, 0.2) is 5.96 Å². The fourth-order valence-electron chi connectivity index (χ4n) is 2.53. The Hall–Kier alpha value is -1.35. The van der Waals surface area contributed by atoms with Crippen molar-refractivity contribution in [1.29, 1.82) is 0 Å². The Morgan fingerprint density at radius 2 is 2.04 bits per heavy atom. The van der Waals surface area contributed by atoms with Crippen LogP contribution in [0.3, 0.4) is 0 Å². The first-order valence-electron chi connectivity index (χ1n) is 9.12. The molecule has 2 rings (SSSR count). The fourth-order valence-corrected chi connectivity index (χ4v) is 2.53. The van der Waals surface area contributed by atoms with E-state index in [9.17, 15) is 0 Å². The average Bonchev–Trinajstić information content (AvgIpc) is 2.92. The van der Waals surface area contributed by atoms with Crippen LogP contribution in [0.25, 0.3) is 11.0 Å². The number of imidazole rings is 1. The van der Waals surface area contributed by atoms with Gasteiger partial charge in [-0.05, 0) is 31.4 Å². The second kappa shape index (κ2) is 12.1. The number of fused-ring (bicyclic) bond motifs is 1. The molecule has 0 aliphatic rings. The van der Waals surface area contributed by atoms with E-state index in [1.807, 2.05) is 25.2 Å². The molecule has 0 aliphatic heterocycles. The Balaban J connectivity index is 0.00000338. The lowest BCUT2D eigenvalue weighted by atomic mass is 10.2. The molecular formula is C19H32IN5O. The molecule has 0 atom stereocenters. The molecule has 7 heteroatoms. The van der Waals surface area contributed by atoms with E-state index in [0.29, 0.717) is 12.5 Å². The normalized spacial score (nSPS) is 11.7. The van der Waals surface area contributed by atoms with Crippen LogP contribution in [0.4, 0.5) is 0 Å². The van der Waals surface area contributed by atoms with Gasteiger partial charge in [0.25, 0.3) is 0 Å². The van der Waals surface area contributed by atoms with Crippen LogP contribution < -0.4 is 10.6 Å². The number of aryl methyl sites for hydroxylation is 1. The summed E-state index contributed by atoms with van der Waals surface area (Å²) >= 11 is 0. The first-order chi connectivity index (χ1) is 12.1. The van der Waals surface area contributed by atoms with E-state index in [1.54, 1.807) is 0 Å². The summed E-state index contributed by atoms with van der Waals surface area (Å²) in [5, 5.41) is 6.63. The number of rotatable bonds is 9. The molecule has 0 radical (unpaired) electrons. The van der Waals surface area contributed by atoms with Crippen molar-refractivity contribution >= 4 is 41.0 Å². The van der Waals surface area contributed by atoms with Crippen molar-refractivity contribution in [2.45, 2.75) is 33.7 Å². The lowest BCUT2D eigenvalue weighted by Crippen LogP contribution is -2.38. The summed E-state index contributed by atoms with van der Waals surface area (Å²) in [6.07, 6.45) is 0.962. The van der Waals surface area contributed by atoms with Crippen LogP contribution in [0, 0.1) is 5.92 Å². The van der Waals surface area contributed by atoms with Crippen LogP contribution in [0.15, 0.2) is 29.3 Å². The molecule has 6 nitrogen and oxygen atoms in total. The molecule has 0 saturated carbocycles. The fraction of sp³-hybridized carbons (Fsp3) is 0.579. The van der Waals surface area contributed by atoms with Crippen molar-refractivity contribution in [3.8, 4) is 0 Å². The number of aliphatic imine (C=N–C) groups is 1. The molecule has 1 aromatic heterocycles. The second-order valence-corrected chi connectivity index (χ2v) is 6.52. The van der Waals surface area contributed by atoms with Gasteiger partial charge in [-0.25, -0.2) is 9.98 Å². The van der Waals surface area contributed by atoms with Gasteiger partial charge in [-0.3, -0.25) is 0 Å². The standard InChI is InChI=1S/C19H31N5O.HI/c1-5-20-19(21-11-8-12-25-14-15(2)3)22-13-18-23-16-9-6-7-10-17(16)24(18)4;/h6-7,9-10,15H,5,8,11-14H2,1-4H3,(H2,20,21,22);1H.